The molecule has 0 bridgehead atoms. The molecule has 5 aromatic rings. The number of nitrogens with zero attached hydrogens (tertiary/aromatic N) is 1. The average Bonchev–Trinajstić information content (AvgIpc) is 2.88. The zero-order valence-corrected chi connectivity index (χ0v) is 18.2. The molecule has 0 aliphatic rings. The molecule has 0 fully saturated rings. The lowest BCUT2D eigenvalue weighted by Gasteiger charge is -2.27. The lowest BCUT2D eigenvalue weighted by molar-refractivity contribution is 1.28. The molecular weight excluding hydrogens is 402 g/mol. The van der Waals surface area contributed by atoms with Gasteiger partial charge in [-0.05, 0) is 71.8 Å². The lowest BCUT2D eigenvalue weighted by atomic mass is 10.0. The van der Waals surface area contributed by atoms with Crippen LogP contribution in [0.5, 0.6) is 0 Å². The maximum Gasteiger partial charge on any atom is 0.0696 e. The Bertz CT molecular complexity index is 1270. The number of benzene rings is 5. The molecule has 0 aliphatic heterocycles. The molecule has 5 aromatic carbocycles. The minimum atomic E-state index is 0.773. The fraction of sp³-hybridized carbons (Fsp3) is 0. The number of rotatable bonds is 6. The Kier molecular flexibility index (Phi) is 5.77. The van der Waals surface area contributed by atoms with Crippen molar-refractivity contribution in [1.82, 2.24) is 0 Å². The second kappa shape index (κ2) is 9.33. The van der Waals surface area contributed by atoms with Gasteiger partial charge in [-0.1, -0.05) is 72.8 Å². The third kappa shape index (κ3) is 4.58. The first-order valence-electron chi connectivity index (χ1n) is 11.0. The molecule has 0 saturated carbocycles. The normalized spacial score (nSPS) is 10.5. The van der Waals surface area contributed by atoms with Gasteiger partial charge in [-0.3, -0.25) is 0 Å². The summed E-state index contributed by atoms with van der Waals surface area (Å²) in [6.07, 6.45) is 0. The van der Waals surface area contributed by atoms with Crippen LogP contribution in [-0.4, -0.2) is 0 Å². The van der Waals surface area contributed by atoms with Gasteiger partial charge in [-0.25, -0.2) is 0 Å². The van der Waals surface area contributed by atoms with Crippen molar-refractivity contribution in [1.29, 1.82) is 0 Å². The van der Waals surface area contributed by atoms with E-state index in [1.165, 1.54) is 0 Å². The van der Waals surface area contributed by atoms with Crippen molar-refractivity contribution in [2.24, 2.45) is 0 Å². The van der Waals surface area contributed by atoms with Crippen LogP contribution in [0.2, 0.25) is 0 Å². The second-order valence-electron chi connectivity index (χ2n) is 7.85. The zero-order chi connectivity index (χ0) is 22.5. The van der Waals surface area contributed by atoms with Gasteiger partial charge in [-0.15, -0.1) is 0 Å². The summed E-state index contributed by atoms with van der Waals surface area (Å²) < 4.78 is 0. The van der Waals surface area contributed by atoms with Crippen LogP contribution in [0.25, 0.3) is 11.1 Å². The number of nitrogens with two attached hydrogens (primary N) is 1. The summed E-state index contributed by atoms with van der Waals surface area (Å²) in [7, 11) is 0. The summed E-state index contributed by atoms with van der Waals surface area (Å²) in [6.45, 7) is 0. The molecule has 0 saturated heterocycles. The van der Waals surface area contributed by atoms with E-state index in [1.807, 2.05) is 36.4 Å². The molecule has 160 valence electrons. The highest BCUT2D eigenvalue weighted by Crippen LogP contribution is 2.39. The standard InChI is InChI=1S/C30H25N3/c31-25-19-15-23(16-20-25)24-17-21-26(22-18-24)32-29-13-7-8-14-30(29)33(27-9-3-1-4-10-27)28-11-5-2-6-12-28/h1-22,32H,31H2. The molecule has 0 unspecified atom stereocenters. The average molecular weight is 428 g/mol. The Morgan fingerprint density at radius 3 is 1.55 bits per heavy atom. The Labute approximate surface area is 194 Å². The van der Waals surface area contributed by atoms with E-state index in [1.54, 1.807) is 0 Å². The van der Waals surface area contributed by atoms with Gasteiger partial charge in [0.15, 0.2) is 0 Å². The molecule has 0 atom stereocenters. The number of hydrogen-bond donors (Lipinski definition) is 2. The second-order valence-corrected chi connectivity index (χ2v) is 7.85. The summed E-state index contributed by atoms with van der Waals surface area (Å²) in [5.41, 5.74) is 14.3. The van der Waals surface area contributed by atoms with Crippen molar-refractivity contribution in [2.75, 3.05) is 16.0 Å². The molecule has 0 heterocycles. The van der Waals surface area contributed by atoms with E-state index in [2.05, 4.69) is 107 Å². The summed E-state index contributed by atoms with van der Waals surface area (Å²) in [5, 5.41) is 3.62. The molecule has 0 radical (unpaired) electrons. The Morgan fingerprint density at radius 2 is 0.970 bits per heavy atom. The number of nitrogens with one attached hydrogen (secondary N) is 1. The van der Waals surface area contributed by atoms with Gasteiger partial charge in [0.05, 0.1) is 11.4 Å². The van der Waals surface area contributed by atoms with Crippen molar-refractivity contribution in [3.63, 3.8) is 0 Å². The molecule has 0 aromatic heterocycles. The Morgan fingerprint density at radius 1 is 0.485 bits per heavy atom. The van der Waals surface area contributed by atoms with Gasteiger partial charge >= 0.3 is 0 Å². The molecule has 3 heteroatoms. The van der Waals surface area contributed by atoms with Crippen LogP contribution in [0.15, 0.2) is 133 Å². The summed E-state index contributed by atoms with van der Waals surface area (Å²) in [5.74, 6) is 0. The number of hydrogen-bond acceptors (Lipinski definition) is 3. The maximum atomic E-state index is 5.82. The number of nitrogen functional groups attached to an aromatic ring is 1. The molecule has 5 rings (SSSR count). The molecule has 0 spiro atoms. The maximum absolute atomic E-state index is 5.82. The highest BCUT2D eigenvalue weighted by Gasteiger charge is 2.15. The third-order valence-electron chi connectivity index (χ3n) is 5.58. The predicted molar refractivity (Wildman–Crippen MR) is 141 cm³/mol. The first kappa shape index (κ1) is 20.4. The third-order valence-corrected chi connectivity index (χ3v) is 5.58. The van der Waals surface area contributed by atoms with Crippen LogP contribution in [0.1, 0.15) is 0 Å². The van der Waals surface area contributed by atoms with Gasteiger partial charge in [0.1, 0.15) is 0 Å². The van der Waals surface area contributed by atoms with E-state index in [9.17, 15) is 0 Å². The van der Waals surface area contributed by atoms with Crippen LogP contribution in [0.4, 0.5) is 34.1 Å². The van der Waals surface area contributed by atoms with Gasteiger partial charge < -0.3 is 16.0 Å². The smallest absolute Gasteiger partial charge is 0.0696 e. The van der Waals surface area contributed by atoms with Crippen LogP contribution < -0.4 is 16.0 Å². The Hall–Kier alpha value is -4.50. The van der Waals surface area contributed by atoms with Crippen molar-refractivity contribution < 1.29 is 0 Å². The molecular formula is C30H25N3. The molecule has 3 N–H and O–H groups in total. The summed E-state index contributed by atoms with van der Waals surface area (Å²) >= 11 is 0. The van der Waals surface area contributed by atoms with Crippen LogP contribution in [0.3, 0.4) is 0 Å². The van der Waals surface area contributed by atoms with Crippen molar-refractivity contribution in [3.05, 3.63) is 133 Å². The van der Waals surface area contributed by atoms with Crippen LogP contribution >= 0.6 is 0 Å². The summed E-state index contributed by atoms with van der Waals surface area (Å²) in [4.78, 5) is 2.27. The molecule has 3 nitrogen and oxygen atoms in total. The van der Waals surface area contributed by atoms with E-state index in [0.717, 1.165) is 45.3 Å². The minimum Gasteiger partial charge on any atom is -0.399 e. The largest absolute Gasteiger partial charge is 0.399 e. The van der Waals surface area contributed by atoms with E-state index in [-0.39, 0.29) is 0 Å². The van der Waals surface area contributed by atoms with Gasteiger partial charge in [0, 0.05) is 22.7 Å². The highest BCUT2D eigenvalue weighted by atomic mass is 15.2. The van der Waals surface area contributed by atoms with E-state index >= 15 is 0 Å². The van der Waals surface area contributed by atoms with Crippen molar-refractivity contribution >= 4 is 34.1 Å². The van der Waals surface area contributed by atoms with E-state index in [4.69, 9.17) is 5.73 Å². The van der Waals surface area contributed by atoms with Crippen LogP contribution in [0, 0.1) is 0 Å². The fourth-order valence-electron chi connectivity index (χ4n) is 3.93. The minimum absolute atomic E-state index is 0.773. The van der Waals surface area contributed by atoms with E-state index < -0.39 is 0 Å². The molecule has 0 aliphatic carbocycles. The predicted octanol–water partition coefficient (Wildman–Crippen LogP) is 8.15. The number of para-hydroxylation sites is 4. The highest BCUT2D eigenvalue weighted by molar-refractivity contribution is 5.86. The zero-order valence-electron chi connectivity index (χ0n) is 18.2. The van der Waals surface area contributed by atoms with Crippen LogP contribution in [-0.2, 0) is 0 Å². The van der Waals surface area contributed by atoms with Gasteiger partial charge in [0.25, 0.3) is 0 Å². The lowest BCUT2D eigenvalue weighted by Crippen LogP contribution is -2.11. The number of anilines is 6. The summed E-state index contributed by atoms with van der Waals surface area (Å²) in [6, 6.07) is 45.7. The SMILES string of the molecule is Nc1ccc(-c2ccc(Nc3ccccc3N(c3ccccc3)c3ccccc3)cc2)cc1. The van der Waals surface area contributed by atoms with Gasteiger partial charge in [0.2, 0.25) is 0 Å². The topological polar surface area (TPSA) is 41.3 Å². The van der Waals surface area contributed by atoms with Crippen molar-refractivity contribution in [2.45, 2.75) is 0 Å². The molecule has 0 amide bonds. The van der Waals surface area contributed by atoms with Crippen molar-refractivity contribution in [3.8, 4) is 11.1 Å². The monoisotopic (exact) mass is 427 g/mol. The molecule has 33 heavy (non-hydrogen) atoms. The fourth-order valence-corrected chi connectivity index (χ4v) is 3.93. The van der Waals surface area contributed by atoms with E-state index in [0.29, 0.717) is 0 Å². The Balaban J connectivity index is 1.49. The van der Waals surface area contributed by atoms with Gasteiger partial charge in [-0.2, -0.15) is 0 Å². The quantitative estimate of drug-likeness (QED) is 0.269. The first-order valence-corrected chi connectivity index (χ1v) is 11.0. The first-order chi connectivity index (χ1) is 16.3.